The van der Waals surface area contributed by atoms with Gasteiger partial charge in [-0.2, -0.15) is 0 Å². The van der Waals surface area contributed by atoms with E-state index in [1.807, 2.05) is 30.3 Å². The number of Topliss-reactive ketones (excluding diaryl/α,β-unsaturated/α-hetero) is 1. The minimum absolute atomic E-state index is 0.0338. The van der Waals surface area contributed by atoms with Crippen LogP contribution >= 0.6 is 0 Å². The normalized spacial score (nSPS) is 20.1. The Bertz CT molecular complexity index is 438. The minimum Gasteiger partial charge on any atom is -0.298 e. The van der Waals surface area contributed by atoms with Gasteiger partial charge in [-0.25, -0.2) is 0 Å². The van der Waals surface area contributed by atoms with Gasteiger partial charge in [0.25, 0.3) is 0 Å². The number of ketones is 1. The van der Waals surface area contributed by atoms with Crippen molar-refractivity contribution in [2.24, 2.45) is 0 Å². The van der Waals surface area contributed by atoms with Gasteiger partial charge in [-0.05, 0) is 19.8 Å². The van der Waals surface area contributed by atoms with E-state index < -0.39 is 0 Å². The molecular formula is C18H28N2O. The molecule has 0 radical (unpaired) electrons. The molecule has 1 heterocycles. The zero-order valence-corrected chi connectivity index (χ0v) is 13.6. The molecule has 0 spiro atoms. The van der Waals surface area contributed by atoms with Gasteiger partial charge >= 0.3 is 0 Å². The molecule has 1 aromatic carbocycles. The van der Waals surface area contributed by atoms with E-state index in [2.05, 4.69) is 30.6 Å². The first-order valence-electron chi connectivity index (χ1n) is 8.24. The molecule has 3 nitrogen and oxygen atoms in total. The maximum absolute atomic E-state index is 12.7. The lowest BCUT2D eigenvalue weighted by molar-refractivity contribution is 0.0568. The average Bonchev–Trinajstić information content (AvgIpc) is 2.56. The van der Waals surface area contributed by atoms with E-state index in [4.69, 9.17) is 0 Å². The van der Waals surface area contributed by atoms with Crippen molar-refractivity contribution in [3.8, 4) is 0 Å². The Hall–Kier alpha value is -1.19. The number of rotatable bonds is 6. The lowest BCUT2D eigenvalue weighted by Gasteiger charge is -2.40. The number of hydrogen-bond acceptors (Lipinski definition) is 3. The largest absolute Gasteiger partial charge is 0.298 e. The summed E-state index contributed by atoms with van der Waals surface area (Å²) in [5.41, 5.74) is 0.841. The third-order valence-corrected chi connectivity index (χ3v) is 4.75. The van der Waals surface area contributed by atoms with Crippen LogP contribution in [0.4, 0.5) is 0 Å². The van der Waals surface area contributed by atoms with Crippen LogP contribution in [0, 0.1) is 0 Å². The summed E-state index contributed by atoms with van der Waals surface area (Å²) in [7, 11) is 0. The summed E-state index contributed by atoms with van der Waals surface area (Å²) in [6.07, 6.45) is 2.08. The summed E-state index contributed by atoms with van der Waals surface area (Å²) in [5, 5.41) is 0. The van der Waals surface area contributed by atoms with Crippen LogP contribution in [0.2, 0.25) is 0 Å². The predicted molar refractivity (Wildman–Crippen MR) is 87.8 cm³/mol. The van der Waals surface area contributed by atoms with Crippen LogP contribution in [-0.4, -0.2) is 53.8 Å². The highest BCUT2D eigenvalue weighted by atomic mass is 16.1. The molecule has 0 aromatic heterocycles. The first-order valence-corrected chi connectivity index (χ1v) is 8.24. The molecule has 0 aliphatic carbocycles. The summed E-state index contributed by atoms with van der Waals surface area (Å²) in [4.78, 5) is 17.6. The van der Waals surface area contributed by atoms with Crippen molar-refractivity contribution in [2.75, 3.05) is 26.2 Å². The predicted octanol–water partition coefficient (Wildman–Crippen LogP) is 3.06. The van der Waals surface area contributed by atoms with E-state index in [1.165, 1.54) is 6.42 Å². The standard InChI is InChI=1S/C18H28N2O/c1-4-15(3)19-11-13-20(14-12-19)17(5-2)18(21)16-9-7-6-8-10-16/h6-10,15,17H,4-5,11-14H2,1-3H3. The molecule has 1 aliphatic rings. The summed E-state index contributed by atoms with van der Waals surface area (Å²) in [5.74, 6) is 0.273. The van der Waals surface area contributed by atoms with Gasteiger partial charge in [0.1, 0.15) is 0 Å². The molecule has 3 heteroatoms. The number of piperazine rings is 1. The molecule has 2 unspecified atom stereocenters. The lowest BCUT2D eigenvalue weighted by atomic mass is 10.00. The number of carbonyl (C=O) groups excluding carboxylic acids is 1. The Labute approximate surface area is 128 Å². The van der Waals surface area contributed by atoms with E-state index in [0.717, 1.165) is 38.2 Å². The summed E-state index contributed by atoms with van der Waals surface area (Å²) in [6, 6.07) is 10.4. The molecule has 0 bridgehead atoms. The Balaban J connectivity index is 1.98. The maximum atomic E-state index is 12.7. The van der Waals surface area contributed by atoms with E-state index >= 15 is 0 Å². The third-order valence-electron chi connectivity index (χ3n) is 4.75. The van der Waals surface area contributed by atoms with Crippen LogP contribution < -0.4 is 0 Å². The van der Waals surface area contributed by atoms with Gasteiger partial charge in [-0.15, -0.1) is 0 Å². The highest BCUT2D eigenvalue weighted by Crippen LogP contribution is 2.16. The summed E-state index contributed by atoms with van der Waals surface area (Å²) >= 11 is 0. The topological polar surface area (TPSA) is 23.6 Å². The Kier molecular flexibility index (Phi) is 5.95. The molecule has 1 aliphatic heterocycles. The number of nitrogens with zero attached hydrogens (tertiary/aromatic N) is 2. The lowest BCUT2D eigenvalue weighted by Crippen LogP contribution is -2.54. The second-order valence-corrected chi connectivity index (χ2v) is 5.98. The quantitative estimate of drug-likeness (QED) is 0.752. The van der Waals surface area contributed by atoms with Crippen LogP contribution in [0.3, 0.4) is 0 Å². The molecular weight excluding hydrogens is 260 g/mol. The van der Waals surface area contributed by atoms with Crippen LogP contribution in [0.1, 0.15) is 44.0 Å². The Morgan fingerprint density at radius 3 is 2.10 bits per heavy atom. The highest BCUT2D eigenvalue weighted by Gasteiger charge is 2.29. The number of hydrogen-bond donors (Lipinski definition) is 0. The summed E-state index contributed by atoms with van der Waals surface area (Å²) in [6.45, 7) is 10.8. The fraction of sp³-hybridized carbons (Fsp3) is 0.611. The van der Waals surface area contributed by atoms with Crippen molar-refractivity contribution in [2.45, 2.75) is 45.7 Å². The van der Waals surface area contributed by atoms with Gasteiger partial charge in [-0.3, -0.25) is 14.6 Å². The molecule has 21 heavy (non-hydrogen) atoms. The zero-order valence-electron chi connectivity index (χ0n) is 13.6. The first kappa shape index (κ1) is 16.2. The first-order chi connectivity index (χ1) is 10.2. The smallest absolute Gasteiger partial charge is 0.179 e. The van der Waals surface area contributed by atoms with Crippen molar-refractivity contribution in [1.29, 1.82) is 0 Å². The van der Waals surface area contributed by atoms with Crippen molar-refractivity contribution >= 4 is 5.78 Å². The fourth-order valence-electron chi connectivity index (χ4n) is 3.15. The SMILES string of the molecule is CCC(C)N1CCN(C(CC)C(=O)c2ccccc2)CC1. The van der Waals surface area contributed by atoms with Crippen molar-refractivity contribution in [3.63, 3.8) is 0 Å². The molecule has 0 amide bonds. The molecule has 116 valence electrons. The maximum Gasteiger partial charge on any atom is 0.179 e. The monoisotopic (exact) mass is 288 g/mol. The molecule has 1 aromatic rings. The van der Waals surface area contributed by atoms with Gasteiger partial charge < -0.3 is 0 Å². The van der Waals surface area contributed by atoms with Crippen LogP contribution in [0.15, 0.2) is 30.3 Å². The molecule has 2 atom stereocenters. The third kappa shape index (κ3) is 3.92. The molecule has 2 rings (SSSR count). The van der Waals surface area contributed by atoms with Gasteiger partial charge in [0.05, 0.1) is 6.04 Å². The van der Waals surface area contributed by atoms with E-state index in [-0.39, 0.29) is 11.8 Å². The summed E-state index contributed by atoms with van der Waals surface area (Å²) < 4.78 is 0. The molecule has 0 N–H and O–H groups in total. The van der Waals surface area contributed by atoms with Crippen molar-refractivity contribution in [1.82, 2.24) is 9.80 Å². The van der Waals surface area contributed by atoms with Gasteiger partial charge in [0, 0.05) is 37.8 Å². The highest BCUT2D eigenvalue weighted by molar-refractivity contribution is 6.00. The number of carbonyl (C=O) groups is 1. The van der Waals surface area contributed by atoms with Gasteiger partial charge in [0.15, 0.2) is 5.78 Å². The Morgan fingerprint density at radius 1 is 1.00 bits per heavy atom. The second kappa shape index (κ2) is 7.71. The average molecular weight is 288 g/mol. The number of benzene rings is 1. The van der Waals surface area contributed by atoms with Crippen LogP contribution in [0.5, 0.6) is 0 Å². The zero-order chi connectivity index (χ0) is 15.2. The van der Waals surface area contributed by atoms with Crippen molar-refractivity contribution < 1.29 is 4.79 Å². The fourth-order valence-corrected chi connectivity index (χ4v) is 3.15. The van der Waals surface area contributed by atoms with E-state index in [0.29, 0.717) is 6.04 Å². The van der Waals surface area contributed by atoms with Crippen molar-refractivity contribution in [3.05, 3.63) is 35.9 Å². The molecule has 0 saturated carbocycles. The second-order valence-electron chi connectivity index (χ2n) is 5.98. The van der Waals surface area contributed by atoms with E-state index in [9.17, 15) is 4.79 Å². The van der Waals surface area contributed by atoms with Crippen LogP contribution in [0.25, 0.3) is 0 Å². The van der Waals surface area contributed by atoms with Gasteiger partial charge in [0.2, 0.25) is 0 Å². The molecule has 1 fully saturated rings. The van der Waals surface area contributed by atoms with E-state index in [1.54, 1.807) is 0 Å². The molecule has 1 saturated heterocycles. The van der Waals surface area contributed by atoms with Crippen LogP contribution in [-0.2, 0) is 0 Å². The Morgan fingerprint density at radius 2 is 1.57 bits per heavy atom. The minimum atomic E-state index is 0.0338. The van der Waals surface area contributed by atoms with Gasteiger partial charge in [-0.1, -0.05) is 44.2 Å².